The quantitative estimate of drug-likeness (QED) is 0.295. The van der Waals surface area contributed by atoms with Crippen molar-refractivity contribution in [1.29, 1.82) is 0 Å². The Morgan fingerprint density at radius 2 is 1.86 bits per heavy atom. The molecule has 0 aromatic rings. The Morgan fingerprint density at radius 1 is 1.29 bits per heavy atom. The molecular weight excluding hydrogens is 371 g/mol. The fourth-order valence-corrected chi connectivity index (χ4v) is 4.97. The summed E-state index contributed by atoms with van der Waals surface area (Å²) >= 11 is -3.09. The number of rotatable bonds is 7. The Morgan fingerprint density at radius 3 is 2.33 bits per heavy atom. The third-order valence-corrected chi connectivity index (χ3v) is 6.20. The van der Waals surface area contributed by atoms with E-state index in [4.69, 9.17) is 14.0 Å². The zero-order chi connectivity index (χ0) is 16.4. The zero-order valence-corrected chi connectivity index (χ0v) is 14.4. The van der Waals surface area contributed by atoms with Gasteiger partial charge in [-0.15, -0.1) is 0 Å². The molecule has 0 bridgehead atoms. The number of hydrogen-bond acceptors (Lipinski definition) is 8. The van der Waals surface area contributed by atoms with E-state index in [1.807, 2.05) is 0 Å². The number of ether oxygens (including phenoxy) is 2. The molecule has 0 radical (unpaired) electrons. The molecule has 0 unspecified atom stereocenters. The summed E-state index contributed by atoms with van der Waals surface area (Å²) in [5.41, 5.74) is 3.15. The Labute approximate surface area is 125 Å². The second-order valence-electron chi connectivity index (χ2n) is 5.52. The third-order valence-electron chi connectivity index (χ3n) is 2.79. The van der Waals surface area contributed by atoms with Crippen molar-refractivity contribution in [3.05, 3.63) is 0 Å². The number of aliphatic hydroxyl groups is 3. The van der Waals surface area contributed by atoms with Crippen LogP contribution in [0.2, 0.25) is 16.6 Å². The van der Waals surface area contributed by atoms with E-state index in [9.17, 15) is 27.5 Å². The van der Waals surface area contributed by atoms with Gasteiger partial charge < -0.3 is 0 Å². The van der Waals surface area contributed by atoms with Crippen molar-refractivity contribution in [3.8, 4) is 0 Å². The van der Waals surface area contributed by atoms with Crippen LogP contribution >= 0.6 is 0 Å². The van der Waals surface area contributed by atoms with E-state index in [-0.39, 0.29) is 5.21 Å². The van der Waals surface area contributed by atoms with E-state index in [0.29, 0.717) is 0 Å². The molecule has 5 atom stereocenters. The second kappa shape index (κ2) is 7.10. The van der Waals surface area contributed by atoms with Gasteiger partial charge in [-0.3, -0.25) is 0 Å². The summed E-state index contributed by atoms with van der Waals surface area (Å²) in [6, 6.07) is 0. The summed E-state index contributed by atoms with van der Waals surface area (Å²) in [5.74, 6) is -0.913. The van der Waals surface area contributed by atoms with Gasteiger partial charge in [-0.25, -0.2) is 0 Å². The van der Waals surface area contributed by atoms with Gasteiger partial charge in [0, 0.05) is 0 Å². The normalized spacial score (nSPS) is 32.3. The van der Waals surface area contributed by atoms with Crippen molar-refractivity contribution in [1.82, 2.24) is 0 Å². The maximum absolute atomic E-state index is 11.8. The van der Waals surface area contributed by atoms with Gasteiger partial charge in [0.05, 0.1) is 0 Å². The topological polar surface area (TPSA) is 151 Å². The molecule has 9 nitrogen and oxygen atoms in total. The Bertz CT molecular complexity index is 487. The molecule has 1 fully saturated rings. The van der Waals surface area contributed by atoms with Gasteiger partial charge in [0.2, 0.25) is 0 Å². The number of aliphatic hydroxyl groups excluding tert-OH is 3. The van der Waals surface area contributed by atoms with Gasteiger partial charge in [0.1, 0.15) is 0 Å². The van der Waals surface area contributed by atoms with E-state index in [0.717, 1.165) is 0 Å². The van der Waals surface area contributed by atoms with Crippen molar-refractivity contribution in [2.75, 3.05) is 12.4 Å². The molecule has 4 N–H and O–H groups in total. The van der Waals surface area contributed by atoms with Crippen LogP contribution in [0.5, 0.6) is 0 Å². The van der Waals surface area contributed by atoms with Crippen molar-refractivity contribution in [2.45, 2.75) is 47.3 Å². The molecule has 0 amide bonds. The zero-order valence-electron chi connectivity index (χ0n) is 11.7. The van der Waals surface area contributed by atoms with Gasteiger partial charge >= 0.3 is 125 Å². The van der Waals surface area contributed by atoms with Crippen LogP contribution in [-0.2, 0) is 23.3 Å². The molecule has 0 aliphatic carbocycles. The maximum atomic E-state index is 11.8. The van der Waals surface area contributed by atoms with Crippen LogP contribution in [0.4, 0.5) is 0 Å². The first-order valence-electron chi connectivity index (χ1n) is 6.19. The van der Waals surface area contributed by atoms with E-state index < -0.39 is 66.7 Å². The fraction of sp³-hybridized carbons (Fsp3) is 1.00. The van der Waals surface area contributed by atoms with E-state index in [1.54, 1.807) is 11.4 Å². The van der Waals surface area contributed by atoms with E-state index in [1.165, 1.54) is 0 Å². The van der Waals surface area contributed by atoms with Gasteiger partial charge in [-0.2, -0.15) is 0 Å². The average Bonchev–Trinajstić information content (AvgIpc) is 2.50. The molecule has 1 rings (SSSR count). The van der Waals surface area contributed by atoms with Crippen LogP contribution in [0.1, 0.15) is 0 Å². The molecule has 1 heterocycles. The van der Waals surface area contributed by atoms with Crippen LogP contribution in [0.3, 0.4) is 0 Å². The summed E-state index contributed by atoms with van der Waals surface area (Å²) in [6.45, 7) is -0.512. The molecule has 0 aromatic carbocycles. The molecule has 11 heteroatoms. The fourth-order valence-electron chi connectivity index (χ4n) is 1.93. The molecule has 1 aliphatic rings. The van der Waals surface area contributed by atoms with Crippen molar-refractivity contribution >= 4 is 23.6 Å². The first-order chi connectivity index (χ1) is 9.39. The second-order valence-corrected chi connectivity index (χ2v) is 14.4. The standard InChI is InChI=1S/C10H21AsO9S/c1-11(2,15)3-7-8(13)9(14)10(20-7)19-4-6(12)5-21(16,17)18/h6-10,12-14H,3-5H2,1-2H3,(H,16,17,18)/t6-,7+,8+,9+,10+/m0/s1. The van der Waals surface area contributed by atoms with Crippen molar-refractivity contribution < 1.29 is 41.5 Å². The van der Waals surface area contributed by atoms with E-state index >= 15 is 0 Å². The summed E-state index contributed by atoms with van der Waals surface area (Å²) < 4.78 is 51.7. The summed E-state index contributed by atoms with van der Waals surface area (Å²) in [7, 11) is -4.35. The molecule has 1 saturated heterocycles. The minimum absolute atomic E-state index is 0.115. The SMILES string of the molecule is C[As](C)(=O)C[C@H]1O[C@@H](OC[C@H](O)CS(=O)(=O)O)[C@H](O)[C@@H]1O. The third kappa shape index (κ3) is 6.79. The summed E-state index contributed by atoms with van der Waals surface area (Å²) in [4.78, 5) is 0. The Kier molecular flexibility index (Phi) is 6.46. The molecule has 0 spiro atoms. The number of hydrogen-bond donors (Lipinski definition) is 4. The van der Waals surface area contributed by atoms with Gasteiger partial charge in [0.25, 0.3) is 0 Å². The van der Waals surface area contributed by atoms with Crippen LogP contribution < -0.4 is 0 Å². The van der Waals surface area contributed by atoms with Crippen LogP contribution in [0.15, 0.2) is 0 Å². The molecule has 0 aromatic heterocycles. The average molecular weight is 392 g/mol. The molecule has 126 valence electrons. The molecule has 21 heavy (non-hydrogen) atoms. The van der Waals surface area contributed by atoms with Crippen LogP contribution in [0, 0.1) is 0 Å². The van der Waals surface area contributed by atoms with Crippen molar-refractivity contribution in [3.63, 3.8) is 0 Å². The van der Waals surface area contributed by atoms with E-state index in [2.05, 4.69) is 0 Å². The summed E-state index contributed by atoms with van der Waals surface area (Å²) in [5, 5.41) is 29.0. The Balaban J connectivity index is 2.52. The molecular formula is C10H21AsO9S. The van der Waals surface area contributed by atoms with Crippen molar-refractivity contribution in [2.24, 2.45) is 0 Å². The predicted octanol–water partition coefficient (Wildman–Crippen LogP) is -1.67. The predicted molar refractivity (Wildman–Crippen MR) is 72.0 cm³/mol. The summed E-state index contributed by atoms with van der Waals surface area (Å²) in [6.07, 6.45) is -6.27. The van der Waals surface area contributed by atoms with Gasteiger partial charge in [-0.05, 0) is 0 Å². The first-order valence-corrected chi connectivity index (χ1v) is 13.6. The Hall–Kier alpha value is 0.0684. The van der Waals surface area contributed by atoms with Crippen LogP contribution in [0.25, 0.3) is 0 Å². The van der Waals surface area contributed by atoms with Gasteiger partial charge in [0.15, 0.2) is 0 Å². The minimum atomic E-state index is -4.35. The van der Waals surface area contributed by atoms with Crippen LogP contribution in [-0.4, -0.2) is 84.8 Å². The monoisotopic (exact) mass is 392 g/mol. The molecule has 1 aliphatic heterocycles. The first kappa shape index (κ1) is 19.1. The molecule has 0 saturated carbocycles. The van der Waals surface area contributed by atoms with Gasteiger partial charge in [-0.1, -0.05) is 0 Å².